The molecule has 0 saturated carbocycles. The van der Waals surface area contributed by atoms with Gasteiger partial charge in [-0.1, -0.05) is 29.8 Å². The van der Waals surface area contributed by atoms with Crippen LogP contribution in [0.4, 0.5) is 17.1 Å². The summed E-state index contributed by atoms with van der Waals surface area (Å²) in [5.74, 6) is -0.290. The van der Waals surface area contributed by atoms with Gasteiger partial charge in [-0.15, -0.1) is 0 Å². The van der Waals surface area contributed by atoms with Crippen LogP contribution >= 0.6 is 23.8 Å². The lowest BCUT2D eigenvalue weighted by molar-refractivity contribution is 0.0978. The largest absolute Gasteiger partial charge is 0.356 e. The molecule has 3 N–H and O–H groups in total. The molecule has 0 aliphatic carbocycles. The third-order valence-electron chi connectivity index (χ3n) is 3.54. The number of para-hydroxylation sites is 1. The summed E-state index contributed by atoms with van der Waals surface area (Å²) in [5, 5.41) is 9.74. The highest BCUT2D eigenvalue weighted by Gasteiger charge is 2.07. The van der Waals surface area contributed by atoms with Crippen molar-refractivity contribution in [2.75, 3.05) is 10.6 Å². The molecule has 0 bridgehead atoms. The molecule has 130 valence electrons. The number of thiocarbonyl (C=S) groups is 1. The Morgan fingerprint density at radius 2 is 1.35 bits per heavy atom. The Balaban J connectivity index is 1.55. The smallest absolute Gasteiger partial charge is 0.257 e. The summed E-state index contributed by atoms with van der Waals surface area (Å²) in [6.07, 6.45) is 0. The van der Waals surface area contributed by atoms with E-state index in [2.05, 4.69) is 16.0 Å². The molecule has 26 heavy (non-hydrogen) atoms. The standard InChI is InChI=1S/C20H16ClN3OS/c21-15-8-6-14(7-9-15)19(25)24-20(26)23-18-12-10-17(11-13-18)22-16-4-2-1-3-5-16/h1-13,22H,(H2,23,24,25,26). The maximum Gasteiger partial charge on any atom is 0.257 e. The minimum atomic E-state index is -0.290. The third-order valence-corrected chi connectivity index (χ3v) is 3.99. The average Bonchev–Trinajstić information content (AvgIpc) is 2.64. The Hall–Kier alpha value is -2.89. The van der Waals surface area contributed by atoms with Crippen LogP contribution < -0.4 is 16.0 Å². The quantitative estimate of drug-likeness (QED) is 0.543. The third kappa shape index (κ3) is 5.05. The Kier molecular flexibility index (Phi) is 5.84. The molecule has 0 saturated heterocycles. The number of hydrogen-bond acceptors (Lipinski definition) is 3. The van der Waals surface area contributed by atoms with Gasteiger partial charge in [-0.3, -0.25) is 10.1 Å². The number of halogens is 1. The lowest BCUT2D eigenvalue weighted by atomic mass is 10.2. The fourth-order valence-electron chi connectivity index (χ4n) is 2.26. The van der Waals surface area contributed by atoms with E-state index in [1.165, 1.54) is 0 Å². The maximum atomic E-state index is 12.1. The number of carbonyl (C=O) groups excluding carboxylic acids is 1. The van der Waals surface area contributed by atoms with Crippen molar-refractivity contribution in [3.63, 3.8) is 0 Å². The maximum absolute atomic E-state index is 12.1. The van der Waals surface area contributed by atoms with E-state index in [0.717, 1.165) is 17.1 Å². The molecule has 0 aliphatic heterocycles. The van der Waals surface area contributed by atoms with Crippen molar-refractivity contribution >= 4 is 51.9 Å². The van der Waals surface area contributed by atoms with Crippen molar-refractivity contribution < 1.29 is 4.79 Å². The fraction of sp³-hybridized carbons (Fsp3) is 0. The van der Waals surface area contributed by atoms with Crippen molar-refractivity contribution in [2.24, 2.45) is 0 Å². The van der Waals surface area contributed by atoms with E-state index in [4.69, 9.17) is 23.8 Å². The molecule has 6 heteroatoms. The van der Waals surface area contributed by atoms with E-state index in [1.54, 1.807) is 24.3 Å². The molecule has 0 atom stereocenters. The van der Waals surface area contributed by atoms with Gasteiger partial charge in [-0.2, -0.15) is 0 Å². The summed E-state index contributed by atoms with van der Waals surface area (Å²) in [5.41, 5.74) is 3.24. The molecular formula is C20H16ClN3OS. The Morgan fingerprint density at radius 1 is 0.769 bits per heavy atom. The van der Waals surface area contributed by atoms with Crippen LogP contribution in [0.3, 0.4) is 0 Å². The van der Waals surface area contributed by atoms with Crippen LogP contribution in [-0.2, 0) is 0 Å². The van der Waals surface area contributed by atoms with Gasteiger partial charge in [0, 0.05) is 27.6 Å². The lowest BCUT2D eigenvalue weighted by Crippen LogP contribution is -2.34. The molecule has 3 aromatic carbocycles. The molecule has 4 nitrogen and oxygen atoms in total. The zero-order valence-electron chi connectivity index (χ0n) is 13.7. The van der Waals surface area contributed by atoms with E-state index in [9.17, 15) is 4.79 Å². The average molecular weight is 382 g/mol. The predicted molar refractivity (Wildman–Crippen MR) is 111 cm³/mol. The van der Waals surface area contributed by atoms with Gasteiger partial charge in [0.1, 0.15) is 0 Å². The second-order valence-electron chi connectivity index (χ2n) is 5.48. The minimum Gasteiger partial charge on any atom is -0.356 e. The summed E-state index contributed by atoms with van der Waals surface area (Å²) >= 11 is 11.0. The zero-order chi connectivity index (χ0) is 18.4. The van der Waals surface area contributed by atoms with Crippen LogP contribution in [0.2, 0.25) is 5.02 Å². The fourth-order valence-corrected chi connectivity index (χ4v) is 2.60. The SMILES string of the molecule is O=C(NC(=S)Nc1ccc(Nc2ccccc2)cc1)c1ccc(Cl)cc1. The number of carbonyl (C=O) groups is 1. The zero-order valence-corrected chi connectivity index (χ0v) is 15.3. The predicted octanol–water partition coefficient (Wildman–Crippen LogP) is 5.21. The van der Waals surface area contributed by atoms with Crippen molar-refractivity contribution in [3.05, 3.63) is 89.4 Å². The van der Waals surface area contributed by atoms with Crippen molar-refractivity contribution in [1.82, 2.24) is 5.32 Å². The van der Waals surface area contributed by atoms with Crippen LogP contribution in [0.1, 0.15) is 10.4 Å². The second-order valence-corrected chi connectivity index (χ2v) is 6.33. The Labute approximate surface area is 162 Å². The molecule has 1 amide bonds. The normalized spacial score (nSPS) is 10.0. The minimum absolute atomic E-state index is 0.230. The summed E-state index contributed by atoms with van der Waals surface area (Å²) < 4.78 is 0. The first-order valence-corrected chi connectivity index (χ1v) is 8.69. The number of amides is 1. The van der Waals surface area contributed by atoms with Crippen molar-refractivity contribution in [3.8, 4) is 0 Å². The van der Waals surface area contributed by atoms with E-state index in [0.29, 0.717) is 10.6 Å². The van der Waals surface area contributed by atoms with Gasteiger partial charge in [-0.05, 0) is 72.9 Å². The number of benzene rings is 3. The van der Waals surface area contributed by atoms with Crippen molar-refractivity contribution in [2.45, 2.75) is 0 Å². The molecule has 0 aromatic heterocycles. The van der Waals surface area contributed by atoms with Crippen LogP contribution in [0.25, 0.3) is 0 Å². The highest BCUT2D eigenvalue weighted by Crippen LogP contribution is 2.18. The summed E-state index contributed by atoms with van der Waals surface area (Å²) in [6, 6.07) is 24.1. The molecule has 0 unspecified atom stereocenters. The highest BCUT2D eigenvalue weighted by atomic mass is 35.5. The summed E-state index contributed by atoms with van der Waals surface area (Å²) in [7, 11) is 0. The van der Waals surface area contributed by atoms with E-state index in [-0.39, 0.29) is 11.0 Å². The number of anilines is 3. The van der Waals surface area contributed by atoms with Gasteiger partial charge in [-0.25, -0.2) is 0 Å². The van der Waals surface area contributed by atoms with Crippen LogP contribution in [0.5, 0.6) is 0 Å². The number of nitrogens with one attached hydrogen (secondary N) is 3. The first-order chi connectivity index (χ1) is 12.6. The van der Waals surface area contributed by atoms with E-state index < -0.39 is 0 Å². The van der Waals surface area contributed by atoms with Crippen LogP contribution in [-0.4, -0.2) is 11.0 Å². The molecule has 3 aromatic rings. The first-order valence-electron chi connectivity index (χ1n) is 7.90. The molecule has 3 rings (SSSR count). The van der Waals surface area contributed by atoms with Gasteiger partial charge in [0.05, 0.1) is 0 Å². The second kappa shape index (κ2) is 8.47. The van der Waals surface area contributed by atoms with Gasteiger partial charge in [0.2, 0.25) is 0 Å². The van der Waals surface area contributed by atoms with Gasteiger partial charge in [0.15, 0.2) is 5.11 Å². The van der Waals surface area contributed by atoms with Gasteiger partial charge >= 0.3 is 0 Å². The lowest BCUT2D eigenvalue weighted by Gasteiger charge is -2.11. The summed E-state index contributed by atoms with van der Waals surface area (Å²) in [6.45, 7) is 0. The molecule has 0 radical (unpaired) electrons. The monoisotopic (exact) mass is 381 g/mol. The molecule has 0 fully saturated rings. The molecule has 0 aliphatic rings. The highest BCUT2D eigenvalue weighted by molar-refractivity contribution is 7.80. The molecular weight excluding hydrogens is 366 g/mol. The van der Waals surface area contributed by atoms with E-state index in [1.807, 2.05) is 54.6 Å². The topological polar surface area (TPSA) is 53.2 Å². The van der Waals surface area contributed by atoms with E-state index >= 15 is 0 Å². The Bertz CT molecular complexity index is 897. The van der Waals surface area contributed by atoms with Gasteiger partial charge in [0.25, 0.3) is 5.91 Å². The number of hydrogen-bond donors (Lipinski definition) is 3. The molecule has 0 heterocycles. The first kappa shape index (κ1) is 17.9. The van der Waals surface area contributed by atoms with Crippen molar-refractivity contribution in [1.29, 1.82) is 0 Å². The Morgan fingerprint density at radius 3 is 2.00 bits per heavy atom. The summed E-state index contributed by atoms with van der Waals surface area (Å²) in [4.78, 5) is 12.1. The molecule has 0 spiro atoms. The van der Waals surface area contributed by atoms with Gasteiger partial charge < -0.3 is 10.6 Å². The number of rotatable bonds is 4. The van der Waals surface area contributed by atoms with Crippen LogP contribution in [0.15, 0.2) is 78.9 Å². The van der Waals surface area contributed by atoms with Crippen LogP contribution in [0, 0.1) is 0 Å².